The van der Waals surface area contributed by atoms with Crippen molar-refractivity contribution >= 4 is 5.69 Å². The number of benzene rings is 2. The number of anilines is 1. The van der Waals surface area contributed by atoms with E-state index in [9.17, 15) is 4.39 Å². The number of halogens is 1. The molecule has 2 rings (SSSR count). The Morgan fingerprint density at radius 1 is 1.05 bits per heavy atom. The van der Waals surface area contributed by atoms with Gasteiger partial charge in [-0.2, -0.15) is 0 Å². The van der Waals surface area contributed by atoms with Crippen LogP contribution in [0.4, 0.5) is 10.1 Å². The van der Waals surface area contributed by atoms with Crippen molar-refractivity contribution in [2.24, 2.45) is 0 Å². The molecule has 0 aliphatic carbocycles. The van der Waals surface area contributed by atoms with E-state index in [1.165, 1.54) is 12.1 Å². The molecular formula is C16H19FN2O. The SMILES string of the molecule is COc1ccc(CN(C)Cc2ccc(F)cc2)cc1N. The molecule has 106 valence electrons. The minimum absolute atomic E-state index is 0.209. The van der Waals surface area contributed by atoms with Gasteiger partial charge in [-0.25, -0.2) is 4.39 Å². The van der Waals surface area contributed by atoms with Crippen LogP contribution in [0.25, 0.3) is 0 Å². The molecule has 20 heavy (non-hydrogen) atoms. The highest BCUT2D eigenvalue weighted by atomic mass is 19.1. The van der Waals surface area contributed by atoms with Crippen molar-refractivity contribution in [1.82, 2.24) is 4.90 Å². The van der Waals surface area contributed by atoms with Crippen LogP contribution in [0.2, 0.25) is 0 Å². The van der Waals surface area contributed by atoms with E-state index in [0.29, 0.717) is 11.4 Å². The van der Waals surface area contributed by atoms with Gasteiger partial charge in [-0.15, -0.1) is 0 Å². The first-order valence-electron chi connectivity index (χ1n) is 6.44. The normalized spacial score (nSPS) is 10.8. The van der Waals surface area contributed by atoms with Crippen molar-refractivity contribution in [1.29, 1.82) is 0 Å². The zero-order valence-corrected chi connectivity index (χ0v) is 11.8. The van der Waals surface area contributed by atoms with Crippen LogP contribution in [0.1, 0.15) is 11.1 Å². The number of ether oxygens (including phenoxy) is 1. The van der Waals surface area contributed by atoms with Gasteiger partial charge in [0.2, 0.25) is 0 Å². The molecule has 0 bridgehead atoms. The molecule has 0 saturated carbocycles. The summed E-state index contributed by atoms with van der Waals surface area (Å²) in [5.41, 5.74) is 8.73. The molecule has 0 radical (unpaired) electrons. The molecule has 0 aliphatic rings. The lowest BCUT2D eigenvalue weighted by molar-refractivity contribution is 0.319. The maximum atomic E-state index is 12.8. The van der Waals surface area contributed by atoms with E-state index in [0.717, 1.165) is 24.2 Å². The van der Waals surface area contributed by atoms with Crippen molar-refractivity contribution in [3.05, 3.63) is 59.4 Å². The van der Waals surface area contributed by atoms with Gasteiger partial charge < -0.3 is 10.5 Å². The molecule has 2 aromatic carbocycles. The first kappa shape index (κ1) is 14.3. The summed E-state index contributed by atoms with van der Waals surface area (Å²) < 4.78 is 18.0. The topological polar surface area (TPSA) is 38.5 Å². The van der Waals surface area contributed by atoms with Gasteiger partial charge in [0, 0.05) is 13.1 Å². The Morgan fingerprint density at radius 2 is 1.65 bits per heavy atom. The fourth-order valence-corrected chi connectivity index (χ4v) is 2.15. The third-order valence-electron chi connectivity index (χ3n) is 3.11. The van der Waals surface area contributed by atoms with Crippen molar-refractivity contribution in [3.63, 3.8) is 0 Å². The summed E-state index contributed by atoms with van der Waals surface area (Å²) in [7, 11) is 3.62. The number of methoxy groups -OCH3 is 1. The van der Waals surface area contributed by atoms with Crippen molar-refractivity contribution in [3.8, 4) is 5.75 Å². The molecule has 0 saturated heterocycles. The van der Waals surface area contributed by atoms with E-state index < -0.39 is 0 Å². The van der Waals surface area contributed by atoms with Crippen molar-refractivity contribution in [2.45, 2.75) is 13.1 Å². The van der Waals surface area contributed by atoms with Crippen LogP contribution in [0, 0.1) is 5.82 Å². The van der Waals surface area contributed by atoms with Crippen LogP contribution in [0.15, 0.2) is 42.5 Å². The molecule has 0 heterocycles. The van der Waals surface area contributed by atoms with Crippen LogP contribution in [0.3, 0.4) is 0 Å². The Balaban J connectivity index is 1.99. The molecule has 0 spiro atoms. The average molecular weight is 274 g/mol. The smallest absolute Gasteiger partial charge is 0.141 e. The van der Waals surface area contributed by atoms with E-state index in [4.69, 9.17) is 10.5 Å². The largest absolute Gasteiger partial charge is 0.495 e. The summed E-state index contributed by atoms with van der Waals surface area (Å²) in [6.07, 6.45) is 0. The van der Waals surface area contributed by atoms with Gasteiger partial charge in [0.25, 0.3) is 0 Å². The molecule has 0 fully saturated rings. The zero-order valence-electron chi connectivity index (χ0n) is 11.8. The third-order valence-corrected chi connectivity index (χ3v) is 3.11. The summed E-state index contributed by atoms with van der Waals surface area (Å²) in [6.45, 7) is 1.53. The molecule has 0 unspecified atom stereocenters. The number of hydrogen-bond acceptors (Lipinski definition) is 3. The van der Waals surface area contributed by atoms with E-state index in [1.807, 2.05) is 25.2 Å². The summed E-state index contributed by atoms with van der Waals surface area (Å²) in [5.74, 6) is 0.481. The molecule has 2 N–H and O–H groups in total. The molecule has 0 atom stereocenters. The molecule has 0 aromatic heterocycles. The minimum atomic E-state index is -0.209. The second kappa shape index (κ2) is 6.39. The predicted octanol–water partition coefficient (Wildman–Crippen LogP) is 3.05. The second-order valence-corrected chi connectivity index (χ2v) is 4.88. The molecular weight excluding hydrogens is 255 g/mol. The van der Waals surface area contributed by atoms with Gasteiger partial charge in [0.15, 0.2) is 0 Å². The minimum Gasteiger partial charge on any atom is -0.495 e. The first-order valence-corrected chi connectivity index (χ1v) is 6.44. The zero-order chi connectivity index (χ0) is 14.5. The highest BCUT2D eigenvalue weighted by Gasteiger charge is 2.05. The summed E-state index contributed by atoms with van der Waals surface area (Å²) in [6, 6.07) is 12.3. The molecule has 4 heteroatoms. The Kier molecular flexibility index (Phi) is 4.58. The van der Waals surface area contributed by atoms with Gasteiger partial charge in [-0.05, 0) is 42.4 Å². The lowest BCUT2D eigenvalue weighted by Crippen LogP contribution is -2.17. The average Bonchev–Trinajstić information content (AvgIpc) is 2.41. The highest BCUT2D eigenvalue weighted by molar-refractivity contribution is 5.54. The Labute approximate surface area is 118 Å². The van der Waals surface area contributed by atoms with Crippen LogP contribution in [-0.2, 0) is 13.1 Å². The second-order valence-electron chi connectivity index (χ2n) is 4.88. The number of hydrogen-bond donors (Lipinski definition) is 1. The van der Waals surface area contributed by atoms with Gasteiger partial charge >= 0.3 is 0 Å². The van der Waals surface area contributed by atoms with E-state index >= 15 is 0 Å². The molecule has 0 aliphatic heterocycles. The molecule has 2 aromatic rings. The maximum Gasteiger partial charge on any atom is 0.141 e. The van der Waals surface area contributed by atoms with E-state index in [1.54, 1.807) is 19.2 Å². The summed E-state index contributed by atoms with van der Waals surface area (Å²) >= 11 is 0. The summed E-state index contributed by atoms with van der Waals surface area (Å²) in [5, 5.41) is 0. The Morgan fingerprint density at radius 3 is 2.25 bits per heavy atom. The van der Waals surface area contributed by atoms with Gasteiger partial charge in [0.1, 0.15) is 11.6 Å². The monoisotopic (exact) mass is 274 g/mol. The fraction of sp³-hybridized carbons (Fsp3) is 0.250. The fourth-order valence-electron chi connectivity index (χ4n) is 2.15. The van der Waals surface area contributed by atoms with Crippen molar-refractivity contribution < 1.29 is 9.13 Å². The Bertz CT molecular complexity index is 569. The number of nitrogens with zero attached hydrogens (tertiary/aromatic N) is 1. The lowest BCUT2D eigenvalue weighted by Gasteiger charge is -2.17. The van der Waals surface area contributed by atoms with Gasteiger partial charge in [-0.1, -0.05) is 18.2 Å². The lowest BCUT2D eigenvalue weighted by atomic mass is 10.1. The standard InChI is InChI=1S/C16H19FN2O/c1-19(10-12-3-6-14(17)7-4-12)11-13-5-8-16(20-2)15(18)9-13/h3-9H,10-11,18H2,1-2H3. The first-order chi connectivity index (χ1) is 9.58. The van der Waals surface area contributed by atoms with Crippen LogP contribution in [-0.4, -0.2) is 19.1 Å². The number of rotatable bonds is 5. The van der Waals surface area contributed by atoms with Crippen LogP contribution in [0.5, 0.6) is 5.75 Å². The third kappa shape index (κ3) is 3.71. The van der Waals surface area contributed by atoms with Gasteiger partial charge in [0.05, 0.1) is 12.8 Å². The van der Waals surface area contributed by atoms with E-state index in [2.05, 4.69) is 4.90 Å². The predicted molar refractivity (Wildman–Crippen MR) is 79.0 cm³/mol. The van der Waals surface area contributed by atoms with Gasteiger partial charge in [-0.3, -0.25) is 4.90 Å². The number of nitrogen functional groups attached to an aromatic ring is 1. The van der Waals surface area contributed by atoms with Crippen LogP contribution < -0.4 is 10.5 Å². The maximum absolute atomic E-state index is 12.8. The molecule has 3 nitrogen and oxygen atoms in total. The number of nitrogens with two attached hydrogens (primary N) is 1. The molecule has 0 amide bonds. The highest BCUT2D eigenvalue weighted by Crippen LogP contribution is 2.22. The quantitative estimate of drug-likeness (QED) is 0.852. The van der Waals surface area contributed by atoms with Crippen LogP contribution >= 0.6 is 0 Å². The van der Waals surface area contributed by atoms with Crippen molar-refractivity contribution in [2.75, 3.05) is 19.9 Å². The van der Waals surface area contributed by atoms with E-state index in [-0.39, 0.29) is 5.82 Å². The Hall–Kier alpha value is -2.07. The summed E-state index contributed by atoms with van der Waals surface area (Å²) in [4.78, 5) is 2.15.